The molecule has 1 aromatic heterocycles. The Balaban J connectivity index is 1.48. The van der Waals surface area contributed by atoms with E-state index in [2.05, 4.69) is 11.0 Å². The Hall–Kier alpha value is -2.05. The summed E-state index contributed by atoms with van der Waals surface area (Å²) in [5.41, 5.74) is 4.68. The SMILES string of the molecule is Cc1cccc(-c2csc(N3CCN(S(=O)(=O)C4(C(=O)NO)CCOCC4)CC3)n2)c1. The Morgan fingerprint density at radius 2 is 1.94 bits per heavy atom. The van der Waals surface area contributed by atoms with Gasteiger partial charge in [-0.15, -0.1) is 11.3 Å². The first-order valence-electron chi connectivity index (χ1n) is 10.2. The van der Waals surface area contributed by atoms with Crippen molar-refractivity contribution in [2.75, 3.05) is 44.3 Å². The van der Waals surface area contributed by atoms with E-state index in [1.807, 2.05) is 30.5 Å². The van der Waals surface area contributed by atoms with Gasteiger partial charge in [-0.05, 0) is 13.0 Å². The molecule has 0 unspecified atom stereocenters. The van der Waals surface area contributed by atoms with E-state index in [1.54, 1.807) is 5.48 Å². The molecule has 0 atom stereocenters. The lowest BCUT2D eigenvalue weighted by Gasteiger charge is -2.41. The highest BCUT2D eigenvalue weighted by atomic mass is 32.2. The summed E-state index contributed by atoms with van der Waals surface area (Å²) in [7, 11) is -3.97. The number of rotatable bonds is 5. The number of carbonyl (C=O) groups excluding carboxylic acids is 1. The van der Waals surface area contributed by atoms with E-state index >= 15 is 0 Å². The maximum atomic E-state index is 13.4. The molecule has 168 valence electrons. The van der Waals surface area contributed by atoms with Crippen LogP contribution in [0.4, 0.5) is 5.13 Å². The molecule has 1 aromatic carbocycles. The Morgan fingerprint density at radius 3 is 2.58 bits per heavy atom. The van der Waals surface area contributed by atoms with Crippen molar-refractivity contribution in [2.45, 2.75) is 24.5 Å². The largest absolute Gasteiger partial charge is 0.381 e. The monoisotopic (exact) mass is 466 g/mol. The summed E-state index contributed by atoms with van der Waals surface area (Å²) in [4.78, 5) is 19.2. The minimum atomic E-state index is -3.97. The second-order valence-corrected chi connectivity index (χ2v) is 10.9. The molecule has 4 rings (SSSR count). The summed E-state index contributed by atoms with van der Waals surface area (Å²) in [6.45, 7) is 3.83. The van der Waals surface area contributed by atoms with Crippen LogP contribution in [-0.4, -0.2) is 73.0 Å². The van der Waals surface area contributed by atoms with E-state index < -0.39 is 20.7 Å². The van der Waals surface area contributed by atoms with E-state index in [9.17, 15) is 18.4 Å². The van der Waals surface area contributed by atoms with Crippen LogP contribution < -0.4 is 10.4 Å². The molecule has 2 aliphatic rings. The van der Waals surface area contributed by atoms with Crippen LogP contribution in [0.5, 0.6) is 0 Å². The number of sulfonamides is 1. The molecule has 0 bridgehead atoms. The number of amides is 1. The number of nitrogens with one attached hydrogen (secondary N) is 1. The van der Waals surface area contributed by atoms with Crippen molar-refractivity contribution in [3.05, 3.63) is 35.2 Å². The van der Waals surface area contributed by atoms with Crippen molar-refractivity contribution < 1.29 is 23.2 Å². The second-order valence-electron chi connectivity index (χ2n) is 7.82. The van der Waals surface area contributed by atoms with Gasteiger partial charge in [-0.2, -0.15) is 4.31 Å². The van der Waals surface area contributed by atoms with Gasteiger partial charge in [0.15, 0.2) is 9.88 Å². The summed E-state index contributed by atoms with van der Waals surface area (Å²) >= 11 is 1.53. The van der Waals surface area contributed by atoms with Gasteiger partial charge in [0.25, 0.3) is 5.91 Å². The number of benzene rings is 1. The molecule has 11 heteroatoms. The summed E-state index contributed by atoms with van der Waals surface area (Å²) in [5.74, 6) is -0.888. The van der Waals surface area contributed by atoms with E-state index in [-0.39, 0.29) is 39.1 Å². The predicted molar refractivity (Wildman–Crippen MR) is 118 cm³/mol. The van der Waals surface area contributed by atoms with Crippen molar-refractivity contribution in [2.24, 2.45) is 0 Å². The number of piperazine rings is 1. The number of ether oxygens (including phenoxy) is 1. The zero-order valence-corrected chi connectivity index (χ0v) is 18.9. The Bertz CT molecular complexity index is 1040. The highest BCUT2D eigenvalue weighted by Crippen LogP contribution is 2.34. The maximum absolute atomic E-state index is 13.4. The van der Waals surface area contributed by atoms with Crippen LogP contribution in [0.1, 0.15) is 18.4 Å². The predicted octanol–water partition coefficient (Wildman–Crippen LogP) is 1.62. The Labute approximate surface area is 185 Å². The minimum Gasteiger partial charge on any atom is -0.381 e. The molecule has 2 saturated heterocycles. The summed E-state index contributed by atoms with van der Waals surface area (Å²) < 4.78 is 31.7. The molecule has 9 nitrogen and oxygen atoms in total. The Kier molecular flexibility index (Phi) is 6.31. The lowest BCUT2D eigenvalue weighted by atomic mass is 9.98. The first kappa shape index (κ1) is 22.2. The smallest absolute Gasteiger partial charge is 0.266 e. The van der Waals surface area contributed by atoms with Crippen LogP contribution in [0.25, 0.3) is 11.3 Å². The van der Waals surface area contributed by atoms with Gasteiger partial charge >= 0.3 is 0 Å². The van der Waals surface area contributed by atoms with Crippen LogP contribution in [0.15, 0.2) is 29.6 Å². The average Bonchev–Trinajstić information content (AvgIpc) is 3.29. The number of nitrogens with zero attached hydrogens (tertiary/aromatic N) is 3. The topological polar surface area (TPSA) is 112 Å². The molecule has 0 spiro atoms. The van der Waals surface area contributed by atoms with Gasteiger partial charge in [0.1, 0.15) is 0 Å². The highest BCUT2D eigenvalue weighted by Gasteiger charge is 2.54. The molecule has 3 heterocycles. The molecular formula is C20H26N4O5S2. The fraction of sp³-hybridized carbons (Fsp3) is 0.500. The number of anilines is 1. The molecule has 2 aromatic rings. The molecule has 31 heavy (non-hydrogen) atoms. The van der Waals surface area contributed by atoms with Gasteiger partial charge in [0.2, 0.25) is 10.0 Å². The zero-order valence-electron chi connectivity index (χ0n) is 17.3. The average molecular weight is 467 g/mol. The van der Waals surface area contributed by atoms with Gasteiger partial charge in [-0.1, -0.05) is 23.8 Å². The fourth-order valence-corrected chi connectivity index (χ4v) is 7.11. The van der Waals surface area contributed by atoms with Crippen LogP contribution in [-0.2, 0) is 19.6 Å². The molecule has 0 saturated carbocycles. The number of aryl methyl sites for hydroxylation is 1. The van der Waals surface area contributed by atoms with Crippen molar-refractivity contribution in [1.29, 1.82) is 0 Å². The molecule has 2 fully saturated rings. The van der Waals surface area contributed by atoms with E-state index in [0.717, 1.165) is 16.4 Å². The number of aromatic nitrogens is 1. The van der Waals surface area contributed by atoms with Crippen LogP contribution in [0, 0.1) is 6.92 Å². The second kappa shape index (κ2) is 8.83. The number of hydroxylamine groups is 1. The molecule has 2 N–H and O–H groups in total. The number of thiazole rings is 1. The Morgan fingerprint density at radius 1 is 1.23 bits per heavy atom. The first-order valence-corrected chi connectivity index (χ1v) is 12.5. The lowest BCUT2D eigenvalue weighted by Crippen LogP contribution is -2.62. The van der Waals surface area contributed by atoms with E-state index in [1.165, 1.54) is 21.2 Å². The summed E-state index contributed by atoms with van der Waals surface area (Å²) in [5, 5.41) is 12.0. The van der Waals surface area contributed by atoms with Crippen LogP contribution in [0.3, 0.4) is 0 Å². The third-order valence-corrected chi connectivity index (χ3v) is 9.49. The standard InChI is InChI=1S/C20H26N4O5S2/c1-15-3-2-4-16(13-15)17-14-30-19(21-17)23-7-9-24(10-8-23)31(27,28)20(18(25)22-26)5-11-29-12-6-20/h2-4,13-14,26H,5-12H2,1H3,(H,22,25). The minimum absolute atomic E-state index is 0.0221. The van der Waals surface area contributed by atoms with Crippen molar-refractivity contribution in [3.8, 4) is 11.3 Å². The third-order valence-electron chi connectivity index (χ3n) is 5.96. The van der Waals surface area contributed by atoms with Crippen LogP contribution in [0.2, 0.25) is 0 Å². The molecule has 2 aliphatic heterocycles. The van der Waals surface area contributed by atoms with Crippen molar-refractivity contribution in [1.82, 2.24) is 14.8 Å². The van der Waals surface area contributed by atoms with Crippen molar-refractivity contribution >= 4 is 32.4 Å². The van der Waals surface area contributed by atoms with Gasteiger partial charge < -0.3 is 9.64 Å². The number of carbonyl (C=O) groups is 1. The normalized spacial score (nSPS) is 19.9. The molecule has 0 radical (unpaired) electrons. The molecular weight excluding hydrogens is 440 g/mol. The lowest BCUT2D eigenvalue weighted by molar-refractivity contribution is -0.134. The zero-order chi connectivity index (χ0) is 22.1. The van der Waals surface area contributed by atoms with E-state index in [4.69, 9.17) is 9.72 Å². The third kappa shape index (κ3) is 4.08. The molecule has 0 aliphatic carbocycles. The quantitative estimate of drug-likeness (QED) is 0.509. The molecule has 1 amide bonds. The number of hydrogen-bond donors (Lipinski definition) is 2. The van der Waals surface area contributed by atoms with E-state index in [0.29, 0.717) is 13.1 Å². The summed E-state index contributed by atoms with van der Waals surface area (Å²) in [6, 6.07) is 8.15. The van der Waals surface area contributed by atoms with Crippen molar-refractivity contribution in [3.63, 3.8) is 0 Å². The van der Waals surface area contributed by atoms with Crippen LogP contribution >= 0.6 is 11.3 Å². The van der Waals surface area contributed by atoms with Gasteiger partial charge in [-0.3, -0.25) is 10.0 Å². The van der Waals surface area contributed by atoms with Gasteiger partial charge in [0, 0.05) is 63.2 Å². The first-order chi connectivity index (χ1) is 14.9. The fourth-order valence-electron chi connectivity index (χ4n) is 4.12. The maximum Gasteiger partial charge on any atom is 0.266 e. The van der Waals surface area contributed by atoms with Gasteiger partial charge in [-0.25, -0.2) is 18.9 Å². The summed E-state index contributed by atoms with van der Waals surface area (Å²) in [6.07, 6.45) is 0.0442. The highest BCUT2D eigenvalue weighted by molar-refractivity contribution is 7.91. The number of hydrogen-bond acceptors (Lipinski definition) is 8. The van der Waals surface area contributed by atoms with Gasteiger partial charge in [0.05, 0.1) is 5.69 Å².